The molecule has 0 aliphatic carbocycles. The van der Waals surface area contributed by atoms with Crippen molar-refractivity contribution < 1.29 is 57.9 Å². The molecule has 3 N–H and O–H groups in total. The van der Waals surface area contributed by atoms with Gasteiger partial charge in [-0.05, 0) is 15.9 Å². The molecule has 4 heterocycles. The average molecular weight is 429 g/mol. The standard InChI is InChI=1S/C11H12BrN4O6P.Na/c12-4-1-16(10-6(4)9(13)14-3-15-10)11-7(17)8-5(21-11)2-20-23(18,19)22-8;/h1,3,5,7-8,11,17H,2H2,(H,18,19)(H2,13,14,15);/q;+1/p-1/t5-,7-,8-,11-;/m1./s1. The maximum atomic E-state index is 11.4. The second-order valence-corrected chi connectivity index (χ2v) is 7.43. The fourth-order valence-electron chi connectivity index (χ4n) is 2.81. The number of nitrogens with zero attached hydrogens (tertiary/aromatic N) is 3. The molecular weight excluding hydrogens is 418 g/mol. The molecule has 1 unspecified atom stereocenters. The molecule has 10 nitrogen and oxygen atoms in total. The predicted octanol–water partition coefficient (Wildman–Crippen LogP) is -3.08. The van der Waals surface area contributed by atoms with E-state index in [-0.39, 0.29) is 42.0 Å². The Labute approximate surface area is 166 Å². The Morgan fingerprint density at radius 1 is 1.50 bits per heavy atom. The van der Waals surface area contributed by atoms with Crippen molar-refractivity contribution in [1.82, 2.24) is 14.5 Å². The largest absolute Gasteiger partial charge is 1.00 e. The van der Waals surface area contributed by atoms with Crippen LogP contribution in [0.1, 0.15) is 6.23 Å². The Kier molecular flexibility index (Phi) is 5.13. The predicted molar refractivity (Wildman–Crippen MR) is 78.0 cm³/mol. The fraction of sp³-hybridized carbons (Fsp3) is 0.455. The van der Waals surface area contributed by atoms with Gasteiger partial charge in [-0.15, -0.1) is 0 Å². The molecule has 2 aromatic rings. The number of aliphatic hydroxyl groups excluding tert-OH is 1. The number of halogens is 1. The minimum absolute atomic E-state index is 0. The van der Waals surface area contributed by atoms with Crippen LogP contribution >= 0.6 is 23.8 Å². The molecule has 2 aromatic heterocycles. The van der Waals surface area contributed by atoms with Crippen molar-refractivity contribution in [2.45, 2.75) is 24.5 Å². The van der Waals surface area contributed by atoms with Crippen molar-refractivity contribution in [3.8, 4) is 0 Å². The smallest absolute Gasteiger partial charge is 0.756 e. The molecule has 2 saturated heterocycles. The summed E-state index contributed by atoms with van der Waals surface area (Å²) in [5.41, 5.74) is 6.28. The van der Waals surface area contributed by atoms with Crippen LogP contribution in [-0.4, -0.2) is 44.6 Å². The molecule has 2 aliphatic heterocycles. The number of hydrogen-bond acceptors (Lipinski definition) is 9. The van der Waals surface area contributed by atoms with Gasteiger partial charge in [-0.2, -0.15) is 0 Å². The summed E-state index contributed by atoms with van der Waals surface area (Å²) in [6, 6.07) is 0. The molecule has 0 radical (unpaired) electrons. The first-order valence-electron chi connectivity index (χ1n) is 6.61. The van der Waals surface area contributed by atoms with Crippen LogP contribution in [0.25, 0.3) is 11.0 Å². The summed E-state index contributed by atoms with van der Waals surface area (Å²) in [6.45, 7) is -0.212. The molecule has 2 fully saturated rings. The molecule has 13 heteroatoms. The zero-order chi connectivity index (χ0) is 16.4. The minimum atomic E-state index is -4.42. The van der Waals surface area contributed by atoms with Gasteiger partial charge in [0.15, 0.2) is 6.23 Å². The molecule has 4 rings (SSSR count). The Balaban J connectivity index is 0.00000169. The number of ether oxygens (including phenoxy) is 1. The van der Waals surface area contributed by atoms with Crippen LogP contribution in [0.4, 0.5) is 5.82 Å². The van der Waals surface area contributed by atoms with E-state index < -0.39 is 32.4 Å². The number of hydrogen-bond donors (Lipinski definition) is 2. The Bertz CT molecular complexity index is 836. The molecule has 2 aliphatic rings. The van der Waals surface area contributed by atoms with Crippen LogP contribution in [0.5, 0.6) is 0 Å². The molecule has 24 heavy (non-hydrogen) atoms. The maximum absolute atomic E-state index is 11.4. The number of nitrogens with two attached hydrogens (primary N) is 1. The average Bonchev–Trinajstić information content (AvgIpc) is 2.98. The van der Waals surface area contributed by atoms with E-state index in [2.05, 4.69) is 30.4 Å². The van der Waals surface area contributed by atoms with Gasteiger partial charge in [-0.3, -0.25) is 4.57 Å². The quantitative estimate of drug-likeness (QED) is 0.356. The summed E-state index contributed by atoms with van der Waals surface area (Å²) < 4.78 is 28.7. The molecule has 5 atom stereocenters. The number of rotatable bonds is 1. The van der Waals surface area contributed by atoms with Gasteiger partial charge in [-0.25, -0.2) is 9.97 Å². The second-order valence-electron chi connectivity index (χ2n) is 5.21. The molecule has 0 saturated carbocycles. The van der Waals surface area contributed by atoms with E-state index in [9.17, 15) is 14.6 Å². The van der Waals surface area contributed by atoms with Crippen LogP contribution < -0.4 is 40.2 Å². The maximum Gasteiger partial charge on any atom is 1.00 e. The van der Waals surface area contributed by atoms with Gasteiger partial charge in [0.05, 0.1) is 12.0 Å². The van der Waals surface area contributed by atoms with Crippen LogP contribution in [0.3, 0.4) is 0 Å². The summed E-state index contributed by atoms with van der Waals surface area (Å²) in [5, 5.41) is 11.0. The number of nitrogen functional groups attached to an aromatic ring is 1. The topological polar surface area (TPSA) is 145 Å². The Hall–Kier alpha value is -0.0700. The first-order chi connectivity index (χ1) is 10.9. The van der Waals surface area contributed by atoms with Gasteiger partial charge in [0.25, 0.3) is 7.82 Å². The summed E-state index contributed by atoms with van der Waals surface area (Å²) in [5.74, 6) is 0.272. The molecule has 124 valence electrons. The van der Waals surface area contributed by atoms with E-state index in [0.29, 0.717) is 15.5 Å². The van der Waals surface area contributed by atoms with Gasteiger partial charge in [0.2, 0.25) is 0 Å². The van der Waals surface area contributed by atoms with Crippen molar-refractivity contribution in [2.75, 3.05) is 12.3 Å². The number of phosphoric acid groups is 1. The van der Waals surface area contributed by atoms with E-state index in [4.69, 9.17) is 15.0 Å². The Morgan fingerprint density at radius 2 is 2.25 bits per heavy atom. The van der Waals surface area contributed by atoms with Gasteiger partial charge in [0, 0.05) is 10.7 Å². The van der Waals surface area contributed by atoms with Crippen molar-refractivity contribution in [3.63, 3.8) is 0 Å². The van der Waals surface area contributed by atoms with Crippen molar-refractivity contribution in [2.24, 2.45) is 0 Å². The van der Waals surface area contributed by atoms with Gasteiger partial charge < -0.3 is 34.1 Å². The molecular formula is C11H11BrN4NaO6P. The van der Waals surface area contributed by atoms with E-state index in [0.717, 1.165) is 0 Å². The third kappa shape index (κ3) is 2.96. The number of anilines is 1. The number of aromatic nitrogens is 3. The van der Waals surface area contributed by atoms with Crippen LogP contribution in [0.15, 0.2) is 17.0 Å². The number of fused-ring (bicyclic) bond motifs is 2. The van der Waals surface area contributed by atoms with E-state index in [1.165, 1.54) is 6.33 Å². The summed E-state index contributed by atoms with van der Waals surface area (Å²) in [6.07, 6.45) is -0.924. The summed E-state index contributed by atoms with van der Waals surface area (Å²) in [7, 11) is -4.42. The van der Waals surface area contributed by atoms with Gasteiger partial charge in [-0.1, -0.05) is 0 Å². The normalized spacial score (nSPS) is 35.6. The van der Waals surface area contributed by atoms with Crippen molar-refractivity contribution in [3.05, 3.63) is 17.0 Å². The summed E-state index contributed by atoms with van der Waals surface area (Å²) in [4.78, 5) is 19.5. The first-order valence-corrected chi connectivity index (χ1v) is 8.87. The van der Waals surface area contributed by atoms with Crippen molar-refractivity contribution in [1.29, 1.82) is 0 Å². The third-order valence-corrected chi connectivity index (χ3v) is 5.39. The monoisotopic (exact) mass is 428 g/mol. The number of phosphoric ester groups is 1. The van der Waals surface area contributed by atoms with Crippen molar-refractivity contribution >= 4 is 40.6 Å². The van der Waals surface area contributed by atoms with E-state index in [1.807, 2.05) is 0 Å². The third-order valence-electron chi connectivity index (χ3n) is 3.82. The van der Waals surface area contributed by atoms with Gasteiger partial charge in [0.1, 0.15) is 36.1 Å². The minimum Gasteiger partial charge on any atom is -0.756 e. The molecule has 0 spiro atoms. The van der Waals surface area contributed by atoms with E-state index in [1.54, 1.807) is 10.8 Å². The molecule has 0 amide bonds. The Morgan fingerprint density at radius 3 is 3.00 bits per heavy atom. The zero-order valence-corrected chi connectivity index (χ0v) is 16.9. The number of aliphatic hydroxyl groups is 1. The SMILES string of the molecule is Nc1ncnc2c1c(Br)cn2[C@@H]1O[C@@H]2COP(=O)([O-])O[C@H]2[C@H]1O.[Na+]. The van der Waals surface area contributed by atoms with Crippen LogP contribution in [-0.2, 0) is 18.3 Å². The fourth-order valence-corrected chi connectivity index (χ4v) is 4.36. The molecule has 0 aromatic carbocycles. The zero-order valence-electron chi connectivity index (χ0n) is 12.4. The van der Waals surface area contributed by atoms with E-state index >= 15 is 0 Å². The van der Waals surface area contributed by atoms with Crippen LogP contribution in [0.2, 0.25) is 0 Å². The summed E-state index contributed by atoms with van der Waals surface area (Å²) >= 11 is 3.36. The second kappa shape index (κ2) is 6.58. The van der Waals surface area contributed by atoms with Crippen LogP contribution in [0, 0.1) is 0 Å². The molecule has 0 bridgehead atoms. The van der Waals surface area contributed by atoms with Gasteiger partial charge >= 0.3 is 29.6 Å². The first kappa shape index (κ1) is 18.7.